The average molecular weight is 328 g/mol. The molecule has 3 rings (SSSR count). The highest BCUT2D eigenvalue weighted by atomic mass is 16.5. The van der Waals surface area contributed by atoms with Gasteiger partial charge in [-0.05, 0) is 17.0 Å². The van der Waals surface area contributed by atoms with E-state index in [1.807, 2.05) is 19.9 Å². The lowest BCUT2D eigenvalue weighted by Gasteiger charge is -2.37. The van der Waals surface area contributed by atoms with Gasteiger partial charge in [0.25, 0.3) is 0 Å². The van der Waals surface area contributed by atoms with Crippen LogP contribution < -0.4 is 5.73 Å². The summed E-state index contributed by atoms with van der Waals surface area (Å²) in [6.07, 6.45) is 4.24. The summed E-state index contributed by atoms with van der Waals surface area (Å²) < 4.78 is 10.5. The average Bonchev–Trinajstić information content (AvgIpc) is 2.52. The van der Waals surface area contributed by atoms with Crippen molar-refractivity contribution in [1.29, 1.82) is 0 Å². The van der Waals surface area contributed by atoms with E-state index in [9.17, 15) is 9.59 Å². The Morgan fingerprint density at radius 2 is 2.17 bits per heavy atom. The van der Waals surface area contributed by atoms with Crippen LogP contribution in [0.5, 0.6) is 0 Å². The van der Waals surface area contributed by atoms with Crippen molar-refractivity contribution in [3.63, 3.8) is 0 Å². The Bertz CT molecular complexity index is 762. The summed E-state index contributed by atoms with van der Waals surface area (Å²) in [6, 6.07) is 3.57. The zero-order valence-electron chi connectivity index (χ0n) is 14.0. The van der Waals surface area contributed by atoms with Crippen LogP contribution in [0, 0.1) is 5.41 Å². The Hall–Kier alpha value is -2.63. The van der Waals surface area contributed by atoms with Crippen molar-refractivity contribution in [2.24, 2.45) is 11.1 Å². The monoisotopic (exact) mass is 328 g/mol. The number of pyridine rings is 1. The molecule has 24 heavy (non-hydrogen) atoms. The Kier molecular flexibility index (Phi) is 3.91. The van der Waals surface area contributed by atoms with Gasteiger partial charge in [-0.25, -0.2) is 4.79 Å². The van der Waals surface area contributed by atoms with Crippen LogP contribution in [-0.2, 0) is 19.1 Å². The molecule has 0 aromatic carbocycles. The van der Waals surface area contributed by atoms with E-state index in [0.29, 0.717) is 29.7 Å². The Labute approximate surface area is 140 Å². The SMILES string of the molecule is COC(=O)C1=C(N)OC2=C(C(=O)CC(C)(C)C2)[C@H]1c1cccnc1. The summed E-state index contributed by atoms with van der Waals surface area (Å²) in [5.41, 5.74) is 7.15. The third-order valence-electron chi connectivity index (χ3n) is 4.38. The molecule has 0 fully saturated rings. The zero-order chi connectivity index (χ0) is 17.5. The van der Waals surface area contributed by atoms with E-state index >= 15 is 0 Å². The molecule has 1 aromatic rings. The normalized spacial score (nSPS) is 22.8. The fourth-order valence-electron chi connectivity index (χ4n) is 3.37. The Balaban J connectivity index is 2.19. The van der Waals surface area contributed by atoms with E-state index in [1.165, 1.54) is 7.11 Å². The smallest absolute Gasteiger partial charge is 0.340 e. The molecule has 6 nitrogen and oxygen atoms in total. The van der Waals surface area contributed by atoms with E-state index in [2.05, 4.69) is 4.98 Å². The summed E-state index contributed by atoms with van der Waals surface area (Å²) in [5, 5.41) is 0. The van der Waals surface area contributed by atoms with E-state index in [0.717, 1.165) is 0 Å². The first-order valence-corrected chi connectivity index (χ1v) is 7.76. The summed E-state index contributed by atoms with van der Waals surface area (Å²) in [6.45, 7) is 4.01. The van der Waals surface area contributed by atoms with Crippen molar-refractivity contribution >= 4 is 11.8 Å². The second-order valence-corrected chi connectivity index (χ2v) is 6.87. The maximum atomic E-state index is 12.8. The highest BCUT2D eigenvalue weighted by Crippen LogP contribution is 2.48. The van der Waals surface area contributed by atoms with E-state index in [-0.39, 0.29) is 22.7 Å². The van der Waals surface area contributed by atoms with Gasteiger partial charge in [0.05, 0.1) is 13.0 Å². The quantitative estimate of drug-likeness (QED) is 0.837. The fraction of sp³-hybridized carbons (Fsp3) is 0.389. The minimum absolute atomic E-state index is 0.0139. The number of hydrogen-bond donors (Lipinski definition) is 1. The van der Waals surface area contributed by atoms with Crippen molar-refractivity contribution < 1.29 is 19.1 Å². The molecule has 0 unspecified atom stereocenters. The standard InChI is InChI=1S/C18H20N2O4/c1-18(2)7-11(21)14-12(8-18)24-16(19)15(17(22)23-3)13(14)10-5-4-6-20-9-10/h4-6,9,13H,7-8,19H2,1-3H3/t13-/m1/s1. The maximum Gasteiger partial charge on any atom is 0.340 e. The van der Waals surface area contributed by atoms with Gasteiger partial charge in [-0.3, -0.25) is 9.78 Å². The highest BCUT2D eigenvalue weighted by molar-refractivity contribution is 6.03. The van der Waals surface area contributed by atoms with Crippen molar-refractivity contribution in [3.05, 3.63) is 52.9 Å². The number of hydrogen-bond acceptors (Lipinski definition) is 6. The molecule has 2 heterocycles. The van der Waals surface area contributed by atoms with Gasteiger partial charge in [-0.2, -0.15) is 0 Å². The fourth-order valence-corrected chi connectivity index (χ4v) is 3.37. The first-order chi connectivity index (χ1) is 11.3. The number of ketones is 1. The molecule has 6 heteroatoms. The van der Waals surface area contributed by atoms with Gasteiger partial charge < -0.3 is 15.2 Å². The molecule has 0 radical (unpaired) electrons. The van der Waals surface area contributed by atoms with Crippen LogP contribution in [0.1, 0.15) is 38.2 Å². The van der Waals surface area contributed by atoms with Crippen LogP contribution in [0.4, 0.5) is 0 Å². The van der Waals surface area contributed by atoms with Gasteiger partial charge in [0, 0.05) is 30.8 Å². The molecule has 0 saturated carbocycles. The molecule has 1 aliphatic heterocycles. The van der Waals surface area contributed by atoms with Crippen LogP contribution in [0.15, 0.2) is 47.3 Å². The zero-order valence-corrected chi connectivity index (χ0v) is 14.0. The van der Waals surface area contributed by atoms with Crippen molar-refractivity contribution in [2.75, 3.05) is 7.11 Å². The third-order valence-corrected chi connectivity index (χ3v) is 4.38. The Morgan fingerprint density at radius 3 is 2.79 bits per heavy atom. The van der Waals surface area contributed by atoms with Crippen LogP contribution in [-0.4, -0.2) is 23.8 Å². The number of nitrogens with two attached hydrogens (primary N) is 1. The van der Waals surface area contributed by atoms with Gasteiger partial charge in [0.2, 0.25) is 5.88 Å². The largest absolute Gasteiger partial charge is 0.465 e. The van der Waals surface area contributed by atoms with Crippen LogP contribution >= 0.6 is 0 Å². The molecule has 0 spiro atoms. The van der Waals surface area contributed by atoms with Gasteiger partial charge in [0.15, 0.2) is 5.78 Å². The van der Waals surface area contributed by atoms with Gasteiger partial charge >= 0.3 is 5.97 Å². The molecule has 2 aliphatic rings. The highest BCUT2D eigenvalue weighted by Gasteiger charge is 2.44. The lowest BCUT2D eigenvalue weighted by atomic mass is 9.70. The first kappa shape index (κ1) is 16.2. The third kappa shape index (κ3) is 2.68. The Morgan fingerprint density at radius 1 is 1.42 bits per heavy atom. The van der Waals surface area contributed by atoms with Crippen LogP contribution in [0.2, 0.25) is 0 Å². The number of methoxy groups -OCH3 is 1. The van der Waals surface area contributed by atoms with E-state index in [1.54, 1.807) is 18.5 Å². The van der Waals surface area contributed by atoms with Crippen LogP contribution in [0.3, 0.4) is 0 Å². The van der Waals surface area contributed by atoms with Gasteiger partial charge in [-0.1, -0.05) is 19.9 Å². The first-order valence-electron chi connectivity index (χ1n) is 7.76. The second kappa shape index (κ2) is 5.78. The molecule has 0 amide bonds. The number of esters is 1. The van der Waals surface area contributed by atoms with Crippen molar-refractivity contribution in [3.8, 4) is 0 Å². The molecular formula is C18H20N2O4. The second-order valence-electron chi connectivity index (χ2n) is 6.87. The number of carbonyl (C=O) groups excluding carboxylic acids is 2. The molecule has 0 saturated heterocycles. The molecular weight excluding hydrogens is 308 g/mol. The molecule has 1 aromatic heterocycles. The number of nitrogens with zero attached hydrogens (tertiary/aromatic N) is 1. The summed E-state index contributed by atoms with van der Waals surface area (Å²) in [4.78, 5) is 29.2. The van der Waals surface area contributed by atoms with E-state index < -0.39 is 11.9 Å². The molecule has 126 valence electrons. The number of carbonyl (C=O) groups is 2. The number of ether oxygens (including phenoxy) is 2. The number of rotatable bonds is 2. The maximum absolute atomic E-state index is 12.8. The minimum atomic E-state index is -0.613. The number of allylic oxidation sites excluding steroid dienone is 2. The summed E-state index contributed by atoms with van der Waals surface area (Å²) in [7, 11) is 1.28. The van der Waals surface area contributed by atoms with Crippen molar-refractivity contribution in [1.82, 2.24) is 4.98 Å². The van der Waals surface area contributed by atoms with Crippen molar-refractivity contribution in [2.45, 2.75) is 32.6 Å². The summed E-state index contributed by atoms with van der Waals surface area (Å²) in [5.74, 6) is -0.733. The van der Waals surface area contributed by atoms with Gasteiger partial charge in [-0.15, -0.1) is 0 Å². The number of aromatic nitrogens is 1. The topological polar surface area (TPSA) is 91.5 Å². The van der Waals surface area contributed by atoms with Gasteiger partial charge in [0.1, 0.15) is 11.3 Å². The molecule has 1 atom stereocenters. The predicted octanol–water partition coefficient (Wildman–Crippen LogP) is 2.18. The van der Waals surface area contributed by atoms with E-state index in [4.69, 9.17) is 15.2 Å². The minimum Gasteiger partial charge on any atom is -0.465 e. The molecule has 1 aliphatic carbocycles. The lowest BCUT2D eigenvalue weighted by molar-refractivity contribution is -0.136. The number of Topliss-reactive ketones (excluding diaryl/α,β-unsaturated/α-hetero) is 1. The van der Waals surface area contributed by atoms with Crippen LogP contribution in [0.25, 0.3) is 0 Å². The molecule has 2 N–H and O–H groups in total. The summed E-state index contributed by atoms with van der Waals surface area (Å²) >= 11 is 0. The lowest BCUT2D eigenvalue weighted by Crippen LogP contribution is -2.35. The molecule has 0 bridgehead atoms. The predicted molar refractivity (Wildman–Crippen MR) is 86.3 cm³/mol.